The van der Waals surface area contributed by atoms with Crippen LogP contribution in [0.25, 0.3) is 0 Å². The molecule has 21 heavy (non-hydrogen) atoms. The van der Waals surface area contributed by atoms with Gasteiger partial charge in [-0.25, -0.2) is 8.78 Å². The van der Waals surface area contributed by atoms with Crippen LogP contribution >= 0.6 is 0 Å². The van der Waals surface area contributed by atoms with Gasteiger partial charge >= 0.3 is 0 Å². The van der Waals surface area contributed by atoms with Gasteiger partial charge < -0.3 is 15.2 Å². The van der Waals surface area contributed by atoms with Crippen LogP contribution in [0.4, 0.5) is 8.78 Å². The third-order valence-corrected chi connectivity index (χ3v) is 3.82. The summed E-state index contributed by atoms with van der Waals surface area (Å²) in [7, 11) is 1.51. The molecule has 1 heterocycles. The van der Waals surface area contributed by atoms with Crippen molar-refractivity contribution < 1.29 is 18.6 Å². The average molecular weight is 300 g/mol. The standard InChI is InChI=1S/C15H22F2N2O2/c1-21-14-3-2-11(8-13(14)20)9-18-12-4-6-19(7-5-12)10-15(16)17/h2-3,8,12,15,18,20H,4-7,9-10H2,1H3. The first-order valence-electron chi connectivity index (χ1n) is 7.18. The number of aromatic hydroxyl groups is 1. The number of phenolic OH excluding ortho intramolecular Hbond substituents is 1. The van der Waals surface area contributed by atoms with Crippen LogP contribution in [0.3, 0.4) is 0 Å². The number of halogens is 2. The van der Waals surface area contributed by atoms with E-state index in [0.717, 1.165) is 18.4 Å². The fourth-order valence-corrected chi connectivity index (χ4v) is 2.62. The maximum Gasteiger partial charge on any atom is 0.251 e. The van der Waals surface area contributed by atoms with Crippen LogP contribution in [0.2, 0.25) is 0 Å². The van der Waals surface area contributed by atoms with Crippen LogP contribution in [0.5, 0.6) is 11.5 Å². The topological polar surface area (TPSA) is 44.7 Å². The molecule has 1 aliphatic heterocycles. The van der Waals surface area contributed by atoms with E-state index in [2.05, 4.69) is 5.32 Å². The highest BCUT2D eigenvalue weighted by molar-refractivity contribution is 5.41. The molecule has 0 radical (unpaired) electrons. The lowest BCUT2D eigenvalue weighted by Crippen LogP contribution is -2.43. The van der Waals surface area contributed by atoms with Crippen molar-refractivity contribution in [2.24, 2.45) is 0 Å². The van der Waals surface area contributed by atoms with E-state index >= 15 is 0 Å². The SMILES string of the molecule is COc1ccc(CNC2CCN(CC(F)F)CC2)cc1O. The third kappa shape index (κ3) is 4.82. The van der Waals surface area contributed by atoms with Crippen LogP contribution in [0.15, 0.2) is 18.2 Å². The second-order valence-corrected chi connectivity index (χ2v) is 5.35. The van der Waals surface area contributed by atoms with Gasteiger partial charge in [-0.15, -0.1) is 0 Å². The first kappa shape index (κ1) is 16.0. The van der Waals surface area contributed by atoms with Gasteiger partial charge in [0.25, 0.3) is 6.43 Å². The Labute approximate surface area is 123 Å². The van der Waals surface area contributed by atoms with E-state index in [9.17, 15) is 13.9 Å². The third-order valence-electron chi connectivity index (χ3n) is 3.82. The summed E-state index contributed by atoms with van der Waals surface area (Å²) < 4.78 is 29.6. The molecule has 118 valence electrons. The summed E-state index contributed by atoms with van der Waals surface area (Å²) in [6.07, 6.45) is -0.513. The molecule has 0 aromatic heterocycles. The fourth-order valence-electron chi connectivity index (χ4n) is 2.62. The molecule has 0 amide bonds. The number of hydrogen-bond donors (Lipinski definition) is 2. The van der Waals surface area contributed by atoms with E-state index in [1.165, 1.54) is 7.11 Å². The molecule has 2 N–H and O–H groups in total. The average Bonchev–Trinajstić information content (AvgIpc) is 2.46. The molecule has 0 spiro atoms. The molecule has 0 unspecified atom stereocenters. The number of piperidine rings is 1. The lowest BCUT2D eigenvalue weighted by atomic mass is 10.0. The lowest BCUT2D eigenvalue weighted by molar-refractivity contribution is 0.0730. The van der Waals surface area contributed by atoms with Gasteiger partial charge in [-0.05, 0) is 43.6 Å². The molecular weight excluding hydrogens is 278 g/mol. The molecule has 1 saturated heterocycles. The summed E-state index contributed by atoms with van der Waals surface area (Å²) in [4.78, 5) is 1.81. The van der Waals surface area contributed by atoms with Crippen LogP contribution in [0, 0.1) is 0 Å². The maximum atomic E-state index is 12.3. The quantitative estimate of drug-likeness (QED) is 0.845. The normalized spacial score (nSPS) is 17.3. The number of nitrogens with zero attached hydrogens (tertiary/aromatic N) is 1. The molecule has 2 rings (SSSR count). The van der Waals surface area contributed by atoms with Crippen molar-refractivity contribution in [3.63, 3.8) is 0 Å². The van der Waals surface area contributed by atoms with Crippen molar-refractivity contribution in [2.45, 2.75) is 31.9 Å². The molecule has 1 aromatic rings. The predicted octanol–water partition coefficient (Wildman–Crippen LogP) is 2.22. The number of benzene rings is 1. The molecule has 4 nitrogen and oxygen atoms in total. The van der Waals surface area contributed by atoms with Gasteiger partial charge in [-0.1, -0.05) is 6.07 Å². The van der Waals surface area contributed by atoms with Crippen molar-refractivity contribution in [2.75, 3.05) is 26.7 Å². The van der Waals surface area contributed by atoms with Gasteiger partial charge in [0.05, 0.1) is 13.7 Å². The van der Waals surface area contributed by atoms with Crippen LogP contribution in [0.1, 0.15) is 18.4 Å². The van der Waals surface area contributed by atoms with Crippen molar-refractivity contribution >= 4 is 0 Å². The summed E-state index contributed by atoms with van der Waals surface area (Å²) in [6.45, 7) is 1.93. The number of likely N-dealkylation sites (tertiary alicyclic amines) is 1. The lowest BCUT2D eigenvalue weighted by Gasteiger charge is -2.32. The Balaban J connectivity index is 1.76. The Morgan fingerprint density at radius 2 is 2.10 bits per heavy atom. The molecule has 0 atom stereocenters. The molecule has 0 aliphatic carbocycles. The number of hydrogen-bond acceptors (Lipinski definition) is 4. The van der Waals surface area contributed by atoms with Crippen LogP contribution in [-0.2, 0) is 6.54 Å². The maximum absolute atomic E-state index is 12.3. The van der Waals surface area contributed by atoms with Crippen LogP contribution < -0.4 is 10.1 Å². The Morgan fingerprint density at radius 3 is 2.67 bits per heavy atom. The van der Waals surface area contributed by atoms with Crippen LogP contribution in [-0.4, -0.2) is 49.2 Å². The van der Waals surface area contributed by atoms with E-state index in [1.807, 2.05) is 11.0 Å². The van der Waals surface area contributed by atoms with Gasteiger partial charge in [0, 0.05) is 12.6 Å². The van der Waals surface area contributed by atoms with Gasteiger partial charge in [-0.2, -0.15) is 0 Å². The largest absolute Gasteiger partial charge is 0.504 e. The summed E-state index contributed by atoms with van der Waals surface area (Å²) >= 11 is 0. The zero-order valence-electron chi connectivity index (χ0n) is 12.2. The van der Waals surface area contributed by atoms with Gasteiger partial charge in [-0.3, -0.25) is 4.90 Å². The zero-order chi connectivity index (χ0) is 15.2. The molecule has 1 aliphatic rings. The zero-order valence-corrected chi connectivity index (χ0v) is 12.2. The summed E-state index contributed by atoms with van der Waals surface area (Å²) in [5.41, 5.74) is 0.975. The van der Waals surface area contributed by atoms with E-state index < -0.39 is 6.43 Å². The number of alkyl halides is 2. The van der Waals surface area contributed by atoms with Crippen molar-refractivity contribution in [1.82, 2.24) is 10.2 Å². The highest BCUT2D eigenvalue weighted by Gasteiger charge is 2.20. The van der Waals surface area contributed by atoms with Crippen molar-refractivity contribution in [3.8, 4) is 11.5 Å². The second kappa shape index (κ2) is 7.56. The van der Waals surface area contributed by atoms with E-state index in [4.69, 9.17) is 4.74 Å². The summed E-state index contributed by atoms with van der Waals surface area (Å²) in [6, 6.07) is 5.65. The Morgan fingerprint density at radius 1 is 1.38 bits per heavy atom. The fraction of sp³-hybridized carbons (Fsp3) is 0.600. The monoisotopic (exact) mass is 300 g/mol. The highest BCUT2D eigenvalue weighted by atomic mass is 19.3. The number of methoxy groups -OCH3 is 1. The van der Waals surface area contributed by atoms with Gasteiger partial charge in [0.2, 0.25) is 0 Å². The van der Waals surface area contributed by atoms with E-state index in [1.54, 1.807) is 12.1 Å². The minimum absolute atomic E-state index is 0.126. The molecule has 1 aromatic carbocycles. The minimum atomic E-state index is -2.25. The Bertz CT molecular complexity index is 449. The molecular formula is C15H22F2N2O2. The van der Waals surface area contributed by atoms with Gasteiger partial charge in [0.15, 0.2) is 11.5 Å². The van der Waals surface area contributed by atoms with Gasteiger partial charge in [0.1, 0.15) is 0 Å². The summed E-state index contributed by atoms with van der Waals surface area (Å²) in [5.74, 6) is 0.586. The predicted molar refractivity (Wildman–Crippen MR) is 77.0 cm³/mol. The first-order valence-corrected chi connectivity index (χ1v) is 7.18. The summed E-state index contributed by atoms with van der Waals surface area (Å²) in [5, 5.41) is 13.1. The molecule has 1 fully saturated rings. The van der Waals surface area contributed by atoms with E-state index in [0.29, 0.717) is 31.4 Å². The highest BCUT2D eigenvalue weighted by Crippen LogP contribution is 2.26. The number of phenols is 1. The van der Waals surface area contributed by atoms with E-state index in [-0.39, 0.29) is 12.3 Å². The number of rotatable bonds is 6. The van der Waals surface area contributed by atoms with Crippen molar-refractivity contribution in [1.29, 1.82) is 0 Å². The van der Waals surface area contributed by atoms with Crippen molar-refractivity contribution in [3.05, 3.63) is 23.8 Å². The molecule has 0 saturated carbocycles. The number of nitrogens with one attached hydrogen (secondary N) is 1. The number of ether oxygens (including phenoxy) is 1. The Kier molecular flexibility index (Phi) is 5.76. The smallest absolute Gasteiger partial charge is 0.251 e. The first-order chi connectivity index (χ1) is 10.1. The minimum Gasteiger partial charge on any atom is -0.504 e. The second-order valence-electron chi connectivity index (χ2n) is 5.35. The Hall–Kier alpha value is -1.40. The molecule has 6 heteroatoms. The molecule has 0 bridgehead atoms.